The van der Waals surface area contributed by atoms with E-state index in [-0.39, 0.29) is 11.0 Å². The van der Waals surface area contributed by atoms with Gasteiger partial charge in [0.2, 0.25) is 0 Å². The van der Waals surface area contributed by atoms with Crippen LogP contribution in [0, 0.1) is 29.1 Å². The molecule has 0 N–H and O–H groups in total. The van der Waals surface area contributed by atoms with Gasteiger partial charge in [0.05, 0.1) is 0 Å². The zero-order chi connectivity index (χ0) is 41.7. The molecule has 0 aromatic heterocycles. The van der Waals surface area contributed by atoms with E-state index in [9.17, 15) is 0 Å². The molecule has 0 saturated heterocycles. The summed E-state index contributed by atoms with van der Waals surface area (Å²) in [5, 5.41) is 0. The second-order valence-corrected chi connectivity index (χ2v) is 27.8. The predicted octanol–water partition coefficient (Wildman–Crippen LogP) is 17.4. The molecule has 0 radical (unpaired) electrons. The monoisotopic (exact) mass is 810 g/mol. The lowest BCUT2D eigenvalue weighted by Crippen LogP contribution is -2.65. The molecule has 0 heterocycles. The Morgan fingerprint density at radius 2 is 1.17 bits per heavy atom. The highest BCUT2D eigenvalue weighted by Gasteiger charge is 2.59. The van der Waals surface area contributed by atoms with Crippen molar-refractivity contribution in [3.05, 3.63) is 52.1 Å². The second-order valence-electron chi connectivity index (χ2n) is 23.3. The van der Waals surface area contributed by atoms with E-state index in [2.05, 4.69) is 104 Å². The Kier molecular flexibility index (Phi) is 15.9. The standard InChI is InChI=1S/C56H95NSi/c1-12-15-18-19-20-21-22-23-24-25-26-30-33-55(9)40-44-36-48-49-38-50-47(39-52(49)56(34-16-13-2,35-17-14-3)51(48)37-45(44)41-55)42(4)43(5)53(50)58(10,11)57(54(6,7)8)46-31-28-27-29-32-46/h36-39,42-43,46-47,50,53H,12-35,40-41H2,1-11H3. The third-order valence-electron chi connectivity index (χ3n) is 17.4. The van der Waals surface area contributed by atoms with E-state index in [1.54, 1.807) is 33.4 Å². The first-order chi connectivity index (χ1) is 27.7. The molecule has 58 heavy (non-hydrogen) atoms. The molecule has 2 fully saturated rings. The van der Waals surface area contributed by atoms with Crippen molar-refractivity contribution in [3.63, 3.8) is 0 Å². The predicted molar refractivity (Wildman–Crippen MR) is 259 cm³/mol. The van der Waals surface area contributed by atoms with Crippen LogP contribution in [0.2, 0.25) is 18.6 Å². The highest BCUT2D eigenvalue weighted by molar-refractivity contribution is 6.76. The lowest BCUT2D eigenvalue weighted by molar-refractivity contribution is 0.138. The molecule has 2 saturated carbocycles. The molecule has 6 unspecified atom stereocenters. The summed E-state index contributed by atoms with van der Waals surface area (Å²) in [5.74, 6) is 2.86. The molecule has 0 bridgehead atoms. The first-order valence-electron chi connectivity index (χ1n) is 26.1. The molecular weight excluding hydrogens is 715 g/mol. The van der Waals surface area contributed by atoms with Crippen LogP contribution in [-0.2, 0) is 18.3 Å². The van der Waals surface area contributed by atoms with Crippen molar-refractivity contribution in [3.8, 4) is 0 Å². The molecule has 6 rings (SSSR count). The highest BCUT2D eigenvalue weighted by Crippen LogP contribution is 2.65. The Labute approximate surface area is 362 Å². The van der Waals surface area contributed by atoms with Crippen LogP contribution in [0.5, 0.6) is 0 Å². The van der Waals surface area contributed by atoms with Gasteiger partial charge in [0.25, 0.3) is 0 Å². The van der Waals surface area contributed by atoms with E-state index in [1.807, 2.05) is 0 Å². The minimum Gasteiger partial charge on any atom is -0.316 e. The SMILES string of the molecule is CCCCCCCCCCCCCCC1(C)Cc2cc3c(cc2C1)C(CCCC)(CCCC)C1=CC2C(C)C(C)C([Si](C)(C)N(C4CCCCC4)C(C)(C)C)C2C=C13. The zero-order valence-corrected chi connectivity index (χ0v) is 41.6. The summed E-state index contributed by atoms with van der Waals surface area (Å²) < 4.78 is 3.20. The molecule has 5 aliphatic carbocycles. The van der Waals surface area contributed by atoms with Crippen LogP contribution in [0.3, 0.4) is 0 Å². The van der Waals surface area contributed by atoms with Crippen molar-refractivity contribution in [1.82, 2.24) is 4.57 Å². The highest BCUT2D eigenvalue weighted by atomic mass is 28.3. The van der Waals surface area contributed by atoms with Gasteiger partial charge in [-0.25, -0.2) is 0 Å². The summed E-state index contributed by atoms with van der Waals surface area (Å²) in [5.41, 5.74) is 12.0. The van der Waals surface area contributed by atoms with Gasteiger partial charge in [-0.1, -0.05) is 201 Å². The van der Waals surface area contributed by atoms with Crippen LogP contribution in [0.25, 0.3) is 5.57 Å². The van der Waals surface area contributed by atoms with Crippen LogP contribution >= 0.6 is 0 Å². The Morgan fingerprint density at radius 1 is 0.638 bits per heavy atom. The minimum atomic E-state index is -1.86. The van der Waals surface area contributed by atoms with Gasteiger partial charge in [-0.15, -0.1) is 0 Å². The normalized spacial score (nSPS) is 28.0. The number of unbranched alkanes of at least 4 members (excludes halogenated alkanes) is 13. The topological polar surface area (TPSA) is 3.24 Å². The van der Waals surface area contributed by atoms with Gasteiger partial charge in [0.1, 0.15) is 8.24 Å². The third kappa shape index (κ3) is 9.74. The van der Waals surface area contributed by atoms with Crippen molar-refractivity contribution < 1.29 is 0 Å². The summed E-state index contributed by atoms with van der Waals surface area (Å²) in [6, 6.07) is 6.42. The Bertz CT molecular complexity index is 1520. The third-order valence-corrected chi connectivity index (χ3v) is 22.2. The van der Waals surface area contributed by atoms with Crippen molar-refractivity contribution in [2.45, 2.75) is 265 Å². The van der Waals surface area contributed by atoms with Gasteiger partial charge in [0.15, 0.2) is 0 Å². The first kappa shape index (κ1) is 46.4. The minimum absolute atomic E-state index is 0.204. The molecule has 6 atom stereocenters. The maximum atomic E-state index is 3.20. The van der Waals surface area contributed by atoms with E-state index < -0.39 is 8.24 Å². The fourth-order valence-corrected chi connectivity index (χ4v) is 20.9. The average Bonchev–Trinajstić information content (AvgIpc) is 3.74. The molecule has 1 nitrogen and oxygen atoms in total. The number of allylic oxidation sites excluding steroid dienone is 4. The van der Waals surface area contributed by atoms with Crippen molar-refractivity contribution in [1.29, 1.82) is 0 Å². The van der Waals surface area contributed by atoms with E-state index in [1.165, 1.54) is 167 Å². The average molecular weight is 810 g/mol. The number of hydrogen-bond acceptors (Lipinski definition) is 1. The summed E-state index contributed by atoms with van der Waals surface area (Å²) in [6.45, 7) is 28.5. The molecule has 5 aliphatic rings. The first-order valence-corrected chi connectivity index (χ1v) is 29.2. The summed E-state index contributed by atoms with van der Waals surface area (Å²) in [7, 11) is -1.86. The second kappa shape index (κ2) is 19.9. The summed E-state index contributed by atoms with van der Waals surface area (Å²) in [6.07, 6.45) is 42.3. The smallest absolute Gasteiger partial charge is 0.127 e. The maximum absolute atomic E-state index is 3.20. The molecular formula is C56H95NSi. The number of nitrogens with zero attached hydrogens (tertiary/aromatic N) is 1. The van der Waals surface area contributed by atoms with E-state index in [4.69, 9.17) is 0 Å². The van der Waals surface area contributed by atoms with E-state index >= 15 is 0 Å². The Balaban J connectivity index is 1.25. The summed E-state index contributed by atoms with van der Waals surface area (Å²) in [4.78, 5) is 0. The number of rotatable bonds is 22. The van der Waals surface area contributed by atoms with Crippen LogP contribution < -0.4 is 0 Å². The van der Waals surface area contributed by atoms with Gasteiger partial charge in [-0.05, 0) is 134 Å². The fourth-order valence-electron chi connectivity index (χ4n) is 14.8. The number of benzene rings is 1. The van der Waals surface area contributed by atoms with Crippen LogP contribution in [-0.4, -0.2) is 24.4 Å². The fraction of sp³-hybridized carbons (Fsp3) is 0.821. The molecule has 0 spiro atoms. The largest absolute Gasteiger partial charge is 0.316 e. The molecule has 1 aromatic rings. The van der Waals surface area contributed by atoms with Crippen LogP contribution in [0.1, 0.15) is 239 Å². The zero-order valence-electron chi connectivity index (χ0n) is 40.6. The lowest BCUT2D eigenvalue weighted by atomic mass is 9.67. The number of fused-ring (bicyclic) bond motifs is 5. The molecule has 328 valence electrons. The van der Waals surface area contributed by atoms with Crippen LogP contribution in [0.15, 0.2) is 29.9 Å². The molecule has 1 aromatic carbocycles. The number of hydrogen-bond donors (Lipinski definition) is 0. The molecule has 2 heteroatoms. The van der Waals surface area contributed by atoms with Gasteiger partial charge in [0, 0.05) is 17.0 Å². The van der Waals surface area contributed by atoms with Gasteiger partial charge < -0.3 is 4.57 Å². The lowest BCUT2D eigenvalue weighted by Gasteiger charge is -2.56. The van der Waals surface area contributed by atoms with E-state index in [0.29, 0.717) is 17.3 Å². The van der Waals surface area contributed by atoms with Crippen molar-refractivity contribution in [2.75, 3.05) is 0 Å². The maximum Gasteiger partial charge on any atom is 0.127 e. The van der Waals surface area contributed by atoms with Gasteiger partial charge in [-0.2, -0.15) is 0 Å². The van der Waals surface area contributed by atoms with E-state index in [0.717, 1.165) is 23.4 Å². The Morgan fingerprint density at radius 3 is 1.72 bits per heavy atom. The molecule has 0 aliphatic heterocycles. The van der Waals surface area contributed by atoms with Crippen molar-refractivity contribution >= 4 is 13.8 Å². The van der Waals surface area contributed by atoms with Crippen LogP contribution in [0.4, 0.5) is 0 Å². The quantitative estimate of drug-likeness (QED) is 0.0833. The Hall–Kier alpha value is -1.12. The summed E-state index contributed by atoms with van der Waals surface area (Å²) >= 11 is 0. The van der Waals surface area contributed by atoms with Gasteiger partial charge >= 0.3 is 0 Å². The van der Waals surface area contributed by atoms with Crippen molar-refractivity contribution in [2.24, 2.45) is 29.1 Å². The molecule has 0 amide bonds. The van der Waals surface area contributed by atoms with Gasteiger partial charge in [-0.3, -0.25) is 0 Å².